The molecule has 0 aromatic carbocycles. The van der Waals surface area contributed by atoms with Gasteiger partial charge in [0.05, 0.1) is 29.6 Å². The maximum Gasteiger partial charge on any atom is 0.346 e. The SMILES string of the molecule is O=C(O)C=C1OC(=O)c2cnncc21. The molecule has 0 saturated carbocycles. The molecule has 0 amide bonds. The molecule has 0 atom stereocenters. The Morgan fingerprint density at radius 3 is 2.64 bits per heavy atom. The number of esters is 1. The van der Waals surface area contributed by atoms with Crippen molar-refractivity contribution >= 4 is 17.7 Å². The minimum atomic E-state index is -1.18. The van der Waals surface area contributed by atoms with Gasteiger partial charge in [0.25, 0.3) is 0 Å². The van der Waals surface area contributed by atoms with Crippen LogP contribution in [0.3, 0.4) is 0 Å². The standard InChI is InChI=1S/C8H4N2O4/c11-7(12)1-6-4-2-9-10-3-5(4)8(13)14-6/h1-3H,(H,11,12). The Morgan fingerprint density at radius 1 is 1.36 bits per heavy atom. The van der Waals surface area contributed by atoms with Crippen molar-refractivity contribution in [3.05, 3.63) is 29.6 Å². The van der Waals surface area contributed by atoms with E-state index in [9.17, 15) is 9.59 Å². The van der Waals surface area contributed by atoms with Gasteiger partial charge in [0.15, 0.2) is 0 Å². The lowest BCUT2D eigenvalue weighted by atomic mass is 10.2. The molecule has 1 aromatic rings. The molecular weight excluding hydrogens is 188 g/mol. The van der Waals surface area contributed by atoms with Crippen molar-refractivity contribution in [1.82, 2.24) is 10.2 Å². The molecule has 2 heterocycles. The quantitative estimate of drug-likeness (QED) is 0.500. The fourth-order valence-electron chi connectivity index (χ4n) is 1.11. The zero-order valence-electron chi connectivity index (χ0n) is 6.80. The summed E-state index contributed by atoms with van der Waals surface area (Å²) in [6.45, 7) is 0. The first-order valence-electron chi connectivity index (χ1n) is 3.66. The predicted octanol–water partition coefficient (Wildman–Crippen LogP) is 0.0725. The van der Waals surface area contributed by atoms with Gasteiger partial charge in [-0.1, -0.05) is 0 Å². The number of carboxylic acids is 1. The van der Waals surface area contributed by atoms with Crippen LogP contribution in [0, 0.1) is 0 Å². The summed E-state index contributed by atoms with van der Waals surface area (Å²) in [4.78, 5) is 21.5. The number of hydrogen-bond acceptors (Lipinski definition) is 5. The molecule has 0 radical (unpaired) electrons. The third kappa shape index (κ3) is 1.22. The van der Waals surface area contributed by atoms with E-state index < -0.39 is 11.9 Å². The summed E-state index contributed by atoms with van der Waals surface area (Å²) in [5.41, 5.74) is 0.583. The third-order valence-electron chi connectivity index (χ3n) is 1.67. The molecule has 1 aliphatic rings. The Balaban J connectivity index is 2.54. The van der Waals surface area contributed by atoms with Gasteiger partial charge in [0, 0.05) is 0 Å². The van der Waals surface area contributed by atoms with Crippen molar-refractivity contribution in [2.45, 2.75) is 0 Å². The second kappa shape index (κ2) is 2.91. The lowest BCUT2D eigenvalue weighted by Crippen LogP contribution is -1.94. The average molecular weight is 192 g/mol. The number of aliphatic carboxylic acids is 1. The Bertz CT molecular complexity index is 452. The first kappa shape index (κ1) is 8.36. The smallest absolute Gasteiger partial charge is 0.346 e. The number of carbonyl (C=O) groups excluding carboxylic acids is 1. The molecule has 0 aliphatic carbocycles. The highest BCUT2D eigenvalue weighted by Gasteiger charge is 2.27. The molecule has 1 N–H and O–H groups in total. The van der Waals surface area contributed by atoms with E-state index in [-0.39, 0.29) is 11.3 Å². The summed E-state index contributed by atoms with van der Waals surface area (Å²) in [5.74, 6) is -1.80. The van der Waals surface area contributed by atoms with Crippen LogP contribution in [0.15, 0.2) is 18.5 Å². The van der Waals surface area contributed by atoms with E-state index in [0.717, 1.165) is 6.08 Å². The van der Waals surface area contributed by atoms with E-state index in [4.69, 9.17) is 9.84 Å². The second-order valence-corrected chi connectivity index (χ2v) is 2.55. The number of aromatic nitrogens is 2. The van der Waals surface area contributed by atoms with Crippen LogP contribution in [0.5, 0.6) is 0 Å². The number of fused-ring (bicyclic) bond motifs is 1. The van der Waals surface area contributed by atoms with Gasteiger partial charge in [-0.3, -0.25) is 0 Å². The van der Waals surface area contributed by atoms with Crippen molar-refractivity contribution in [1.29, 1.82) is 0 Å². The summed E-state index contributed by atoms with van der Waals surface area (Å²) in [7, 11) is 0. The molecule has 14 heavy (non-hydrogen) atoms. The van der Waals surface area contributed by atoms with Crippen LogP contribution in [0.25, 0.3) is 5.76 Å². The van der Waals surface area contributed by atoms with Gasteiger partial charge in [-0.15, -0.1) is 0 Å². The summed E-state index contributed by atoms with van der Waals surface area (Å²) >= 11 is 0. The number of hydrogen-bond donors (Lipinski definition) is 1. The molecule has 0 bridgehead atoms. The van der Waals surface area contributed by atoms with Crippen LogP contribution < -0.4 is 0 Å². The molecule has 0 spiro atoms. The number of carboxylic acid groups (broad SMARTS) is 1. The Morgan fingerprint density at radius 2 is 2.00 bits per heavy atom. The van der Waals surface area contributed by atoms with Crippen LogP contribution in [0.1, 0.15) is 15.9 Å². The summed E-state index contributed by atoms with van der Waals surface area (Å²) < 4.78 is 4.70. The number of rotatable bonds is 1. The summed E-state index contributed by atoms with van der Waals surface area (Å²) in [5, 5.41) is 15.5. The molecule has 2 rings (SSSR count). The van der Waals surface area contributed by atoms with Gasteiger partial charge in [-0.05, 0) is 0 Å². The van der Waals surface area contributed by atoms with Crippen LogP contribution in [0.2, 0.25) is 0 Å². The van der Waals surface area contributed by atoms with Crippen LogP contribution in [0.4, 0.5) is 0 Å². The molecule has 0 fully saturated rings. The van der Waals surface area contributed by atoms with Crippen LogP contribution >= 0.6 is 0 Å². The highest BCUT2D eigenvalue weighted by molar-refractivity contribution is 6.05. The molecule has 1 aromatic heterocycles. The second-order valence-electron chi connectivity index (χ2n) is 2.55. The van der Waals surface area contributed by atoms with Gasteiger partial charge in [-0.25, -0.2) is 9.59 Å². The number of ether oxygens (including phenoxy) is 1. The number of carbonyl (C=O) groups is 2. The Hall–Kier alpha value is -2.24. The van der Waals surface area contributed by atoms with Crippen LogP contribution in [-0.2, 0) is 9.53 Å². The molecule has 6 heteroatoms. The Labute approximate surface area is 77.8 Å². The summed E-state index contributed by atoms with van der Waals surface area (Å²) in [6, 6.07) is 0. The van der Waals surface area contributed by atoms with E-state index in [1.165, 1.54) is 12.4 Å². The van der Waals surface area contributed by atoms with E-state index in [1.54, 1.807) is 0 Å². The molecule has 1 aliphatic heterocycles. The molecule has 0 unspecified atom stereocenters. The third-order valence-corrected chi connectivity index (χ3v) is 1.67. The van der Waals surface area contributed by atoms with Crippen molar-refractivity contribution < 1.29 is 19.4 Å². The van der Waals surface area contributed by atoms with Gasteiger partial charge >= 0.3 is 11.9 Å². The lowest BCUT2D eigenvalue weighted by molar-refractivity contribution is -0.131. The largest absolute Gasteiger partial charge is 0.478 e. The molecule has 6 nitrogen and oxygen atoms in total. The van der Waals surface area contributed by atoms with E-state index >= 15 is 0 Å². The first-order valence-corrected chi connectivity index (χ1v) is 3.66. The molecule has 0 saturated heterocycles. The molecular formula is C8H4N2O4. The number of cyclic esters (lactones) is 1. The maximum absolute atomic E-state index is 11.1. The summed E-state index contributed by atoms with van der Waals surface area (Å²) in [6.07, 6.45) is 3.33. The molecule has 70 valence electrons. The monoisotopic (exact) mass is 192 g/mol. The van der Waals surface area contributed by atoms with Crippen molar-refractivity contribution in [2.24, 2.45) is 0 Å². The normalized spacial score (nSPS) is 16.6. The topological polar surface area (TPSA) is 89.4 Å². The van der Waals surface area contributed by atoms with Crippen molar-refractivity contribution in [3.8, 4) is 0 Å². The minimum Gasteiger partial charge on any atom is -0.478 e. The minimum absolute atomic E-state index is 0.00704. The van der Waals surface area contributed by atoms with Crippen molar-refractivity contribution in [2.75, 3.05) is 0 Å². The van der Waals surface area contributed by atoms with Gasteiger partial charge < -0.3 is 9.84 Å². The Kier molecular flexibility index (Phi) is 1.74. The van der Waals surface area contributed by atoms with Crippen LogP contribution in [-0.4, -0.2) is 27.2 Å². The van der Waals surface area contributed by atoms with Gasteiger partial charge in [0.2, 0.25) is 0 Å². The van der Waals surface area contributed by atoms with E-state index in [0.29, 0.717) is 5.56 Å². The zero-order valence-corrected chi connectivity index (χ0v) is 6.80. The van der Waals surface area contributed by atoms with E-state index in [1.807, 2.05) is 0 Å². The maximum atomic E-state index is 11.1. The zero-order chi connectivity index (χ0) is 10.1. The van der Waals surface area contributed by atoms with Gasteiger partial charge in [-0.2, -0.15) is 10.2 Å². The lowest BCUT2D eigenvalue weighted by Gasteiger charge is -1.93. The average Bonchev–Trinajstić information content (AvgIpc) is 2.44. The van der Waals surface area contributed by atoms with E-state index in [2.05, 4.69) is 10.2 Å². The predicted molar refractivity (Wildman–Crippen MR) is 43.1 cm³/mol. The highest BCUT2D eigenvalue weighted by atomic mass is 16.5. The first-order chi connectivity index (χ1) is 6.68. The fraction of sp³-hybridized carbons (Fsp3) is 0. The van der Waals surface area contributed by atoms with Crippen molar-refractivity contribution in [3.63, 3.8) is 0 Å². The number of nitrogens with zero attached hydrogens (tertiary/aromatic N) is 2. The fourth-order valence-corrected chi connectivity index (χ4v) is 1.11. The van der Waals surface area contributed by atoms with Gasteiger partial charge in [0.1, 0.15) is 5.76 Å². The highest BCUT2D eigenvalue weighted by Crippen LogP contribution is 2.27.